The van der Waals surface area contributed by atoms with Gasteiger partial charge >= 0.3 is 0 Å². The molecule has 0 saturated carbocycles. The van der Waals surface area contributed by atoms with Crippen LogP contribution in [0, 0.1) is 0 Å². The average molecular weight is 305 g/mol. The molecule has 0 spiro atoms. The lowest BCUT2D eigenvalue weighted by molar-refractivity contribution is -0.111. The molecule has 1 N–H and O–H groups in total. The summed E-state index contributed by atoms with van der Waals surface area (Å²) in [5, 5.41) is 2.83. The second kappa shape index (κ2) is 6.87. The number of carbonyl (C=O) groups excluding carboxylic acids is 1. The van der Waals surface area contributed by atoms with Crippen molar-refractivity contribution in [1.82, 2.24) is 0 Å². The summed E-state index contributed by atoms with van der Waals surface area (Å²) in [6.45, 7) is 0. The minimum Gasteiger partial charge on any atom is -0.323 e. The molecule has 0 aliphatic heterocycles. The molecule has 1 amide bonds. The van der Waals surface area contributed by atoms with E-state index in [9.17, 15) is 4.79 Å². The molecular formula is C19H15NOS. The van der Waals surface area contributed by atoms with E-state index in [4.69, 9.17) is 0 Å². The van der Waals surface area contributed by atoms with Crippen LogP contribution in [-0.4, -0.2) is 5.91 Å². The first kappa shape index (κ1) is 14.3. The van der Waals surface area contributed by atoms with Gasteiger partial charge in [0.1, 0.15) is 0 Å². The summed E-state index contributed by atoms with van der Waals surface area (Å²) in [5.41, 5.74) is 1.99. The van der Waals surface area contributed by atoms with Gasteiger partial charge in [-0.15, -0.1) is 11.3 Å². The van der Waals surface area contributed by atoms with Crippen molar-refractivity contribution in [3.05, 3.63) is 83.7 Å². The lowest BCUT2D eigenvalue weighted by Gasteiger charge is -2.00. The molecule has 3 rings (SSSR count). The monoisotopic (exact) mass is 305 g/mol. The zero-order chi connectivity index (χ0) is 15.2. The first-order valence-electron chi connectivity index (χ1n) is 7.01. The molecule has 0 fully saturated rings. The van der Waals surface area contributed by atoms with Gasteiger partial charge < -0.3 is 5.32 Å². The number of rotatable bonds is 4. The Morgan fingerprint density at radius 3 is 2.27 bits per heavy atom. The minimum absolute atomic E-state index is 0.124. The fraction of sp³-hybridized carbons (Fsp3) is 0. The quantitative estimate of drug-likeness (QED) is 0.670. The molecule has 2 nitrogen and oxygen atoms in total. The van der Waals surface area contributed by atoms with Crippen LogP contribution in [0.5, 0.6) is 0 Å². The maximum Gasteiger partial charge on any atom is 0.248 e. The number of thiophene rings is 1. The van der Waals surface area contributed by atoms with E-state index in [2.05, 4.69) is 23.5 Å². The van der Waals surface area contributed by atoms with Gasteiger partial charge in [-0.3, -0.25) is 4.79 Å². The van der Waals surface area contributed by atoms with Gasteiger partial charge in [-0.1, -0.05) is 48.5 Å². The van der Waals surface area contributed by atoms with Gasteiger partial charge in [0.25, 0.3) is 0 Å². The highest BCUT2D eigenvalue weighted by Gasteiger charge is 2.01. The van der Waals surface area contributed by atoms with Gasteiger partial charge in [0, 0.05) is 21.5 Å². The molecule has 0 saturated heterocycles. The van der Waals surface area contributed by atoms with Crippen LogP contribution in [0.4, 0.5) is 5.69 Å². The van der Waals surface area contributed by atoms with E-state index in [0.717, 1.165) is 10.6 Å². The predicted octanol–water partition coefficient (Wildman–Crippen LogP) is 5.07. The highest BCUT2D eigenvalue weighted by atomic mass is 32.1. The Morgan fingerprint density at radius 2 is 1.55 bits per heavy atom. The molecule has 0 bridgehead atoms. The highest BCUT2D eigenvalue weighted by molar-refractivity contribution is 7.16. The fourth-order valence-electron chi connectivity index (χ4n) is 2.06. The van der Waals surface area contributed by atoms with E-state index in [1.54, 1.807) is 17.4 Å². The second-order valence-electron chi connectivity index (χ2n) is 4.76. The molecule has 2 aromatic carbocycles. The van der Waals surface area contributed by atoms with Crippen molar-refractivity contribution >= 4 is 29.0 Å². The number of amides is 1. The number of anilines is 1. The molecule has 0 unspecified atom stereocenters. The summed E-state index contributed by atoms with van der Waals surface area (Å²) in [5.74, 6) is -0.124. The first-order chi connectivity index (χ1) is 10.8. The Bertz CT molecular complexity index is 775. The number of hydrogen-bond acceptors (Lipinski definition) is 2. The summed E-state index contributed by atoms with van der Waals surface area (Å²) < 4.78 is 0. The molecule has 0 aliphatic rings. The van der Waals surface area contributed by atoms with Crippen LogP contribution in [0.3, 0.4) is 0 Å². The van der Waals surface area contributed by atoms with Crippen LogP contribution in [0.2, 0.25) is 0 Å². The molecule has 0 atom stereocenters. The van der Waals surface area contributed by atoms with Gasteiger partial charge in [0.05, 0.1) is 0 Å². The molecule has 108 valence electrons. The first-order valence-corrected chi connectivity index (χ1v) is 7.82. The third-order valence-electron chi connectivity index (χ3n) is 3.13. The third-order valence-corrected chi connectivity index (χ3v) is 4.22. The average Bonchev–Trinajstić information content (AvgIpc) is 3.04. The van der Waals surface area contributed by atoms with E-state index in [1.807, 2.05) is 60.7 Å². The Kier molecular flexibility index (Phi) is 4.47. The molecule has 0 radical (unpaired) electrons. The van der Waals surface area contributed by atoms with E-state index >= 15 is 0 Å². The zero-order valence-electron chi connectivity index (χ0n) is 11.9. The van der Waals surface area contributed by atoms with E-state index in [-0.39, 0.29) is 5.91 Å². The maximum absolute atomic E-state index is 11.9. The summed E-state index contributed by atoms with van der Waals surface area (Å²) in [6.07, 6.45) is 3.41. The smallest absolute Gasteiger partial charge is 0.248 e. The number of carbonyl (C=O) groups is 1. The van der Waals surface area contributed by atoms with Gasteiger partial charge in [-0.25, -0.2) is 0 Å². The third kappa shape index (κ3) is 3.71. The van der Waals surface area contributed by atoms with Crippen LogP contribution in [0.25, 0.3) is 16.5 Å². The van der Waals surface area contributed by atoms with Gasteiger partial charge in [0.15, 0.2) is 0 Å². The van der Waals surface area contributed by atoms with Crippen molar-refractivity contribution in [2.24, 2.45) is 0 Å². The largest absolute Gasteiger partial charge is 0.323 e. The summed E-state index contributed by atoms with van der Waals surface area (Å²) >= 11 is 1.67. The van der Waals surface area contributed by atoms with Gasteiger partial charge in [-0.05, 0) is 35.9 Å². The molecule has 22 heavy (non-hydrogen) atoms. The maximum atomic E-state index is 11.9. The fourth-order valence-corrected chi connectivity index (χ4v) is 2.98. The normalized spacial score (nSPS) is 10.7. The van der Waals surface area contributed by atoms with Crippen molar-refractivity contribution in [1.29, 1.82) is 0 Å². The Hall–Kier alpha value is -2.65. The predicted molar refractivity (Wildman–Crippen MR) is 93.9 cm³/mol. The topological polar surface area (TPSA) is 29.1 Å². The molecule has 3 heteroatoms. The van der Waals surface area contributed by atoms with Crippen molar-refractivity contribution in [2.45, 2.75) is 0 Å². The SMILES string of the molecule is O=C(/C=C/c1ccc(-c2ccccc2)s1)Nc1ccccc1. The lowest BCUT2D eigenvalue weighted by Crippen LogP contribution is -2.07. The van der Waals surface area contributed by atoms with E-state index in [1.165, 1.54) is 10.4 Å². The minimum atomic E-state index is -0.124. The molecular weight excluding hydrogens is 290 g/mol. The number of benzene rings is 2. The van der Waals surface area contributed by atoms with Crippen molar-refractivity contribution in [2.75, 3.05) is 5.32 Å². The van der Waals surface area contributed by atoms with E-state index in [0.29, 0.717) is 0 Å². The highest BCUT2D eigenvalue weighted by Crippen LogP contribution is 2.28. The van der Waals surface area contributed by atoms with Crippen LogP contribution >= 0.6 is 11.3 Å². The van der Waals surface area contributed by atoms with Gasteiger partial charge in [-0.2, -0.15) is 0 Å². The molecule has 3 aromatic rings. The lowest BCUT2D eigenvalue weighted by atomic mass is 10.2. The molecule has 1 heterocycles. The van der Waals surface area contributed by atoms with Crippen LogP contribution < -0.4 is 5.32 Å². The number of para-hydroxylation sites is 1. The Balaban J connectivity index is 1.66. The van der Waals surface area contributed by atoms with Crippen molar-refractivity contribution < 1.29 is 4.79 Å². The van der Waals surface area contributed by atoms with Crippen molar-refractivity contribution in [3.63, 3.8) is 0 Å². The zero-order valence-corrected chi connectivity index (χ0v) is 12.7. The Morgan fingerprint density at radius 1 is 0.864 bits per heavy atom. The summed E-state index contributed by atoms with van der Waals surface area (Å²) in [4.78, 5) is 14.1. The van der Waals surface area contributed by atoms with Crippen LogP contribution in [-0.2, 0) is 4.79 Å². The molecule has 0 aliphatic carbocycles. The van der Waals surface area contributed by atoms with E-state index < -0.39 is 0 Å². The second-order valence-corrected chi connectivity index (χ2v) is 5.87. The number of nitrogens with one attached hydrogen (secondary N) is 1. The standard InChI is InChI=1S/C19H15NOS/c21-19(20-16-9-5-2-6-10-16)14-12-17-11-13-18(22-17)15-7-3-1-4-8-15/h1-14H,(H,20,21)/b14-12+. The molecule has 1 aromatic heterocycles. The van der Waals surface area contributed by atoms with Crippen LogP contribution in [0.15, 0.2) is 78.9 Å². The summed E-state index contributed by atoms with van der Waals surface area (Å²) in [6, 6.07) is 23.8. The van der Waals surface area contributed by atoms with Crippen molar-refractivity contribution in [3.8, 4) is 10.4 Å². The van der Waals surface area contributed by atoms with Gasteiger partial charge in [0.2, 0.25) is 5.91 Å². The summed E-state index contributed by atoms with van der Waals surface area (Å²) in [7, 11) is 0. The Labute approximate surface area is 133 Å². The van der Waals surface area contributed by atoms with Crippen LogP contribution in [0.1, 0.15) is 4.88 Å². The number of hydrogen-bond donors (Lipinski definition) is 1.